The van der Waals surface area contributed by atoms with E-state index in [-0.39, 0.29) is 5.91 Å². The summed E-state index contributed by atoms with van der Waals surface area (Å²) in [5.74, 6) is 0.610. The van der Waals surface area contributed by atoms with Gasteiger partial charge in [0.15, 0.2) is 0 Å². The van der Waals surface area contributed by atoms with Gasteiger partial charge in [-0.2, -0.15) is 0 Å². The minimum absolute atomic E-state index is 0.0267. The number of rotatable bonds is 4. The van der Waals surface area contributed by atoms with Crippen molar-refractivity contribution in [3.8, 4) is 0 Å². The summed E-state index contributed by atoms with van der Waals surface area (Å²) in [5.41, 5.74) is 1.71. The van der Waals surface area contributed by atoms with Crippen molar-refractivity contribution in [1.82, 2.24) is 10.2 Å². The van der Waals surface area contributed by atoms with E-state index < -0.39 is 0 Å². The van der Waals surface area contributed by atoms with Gasteiger partial charge in [-0.05, 0) is 38.1 Å². The molecule has 1 aromatic rings. The molecule has 0 spiro atoms. The molecule has 19 heavy (non-hydrogen) atoms. The van der Waals surface area contributed by atoms with Crippen molar-refractivity contribution in [1.29, 1.82) is 0 Å². The summed E-state index contributed by atoms with van der Waals surface area (Å²) in [6.45, 7) is 2.98. The molecular formula is C15H23N3O. The highest BCUT2D eigenvalue weighted by atomic mass is 16.1. The van der Waals surface area contributed by atoms with Gasteiger partial charge in [0.05, 0.1) is 5.56 Å². The highest BCUT2D eigenvalue weighted by molar-refractivity contribution is 5.99. The molecule has 2 rings (SSSR count). The summed E-state index contributed by atoms with van der Waals surface area (Å²) in [6, 6.07) is 7.72. The van der Waals surface area contributed by atoms with Crippen molar-refractivity contribution in [3.05, 3.63) is 29.8 Å². The Morgan fingerprint density at radius 3 is 2.79 bits per heavy atom. The first-order valence-corrected chi connectivity index (χ1v) is 6.81. The second-order valence-corrected chi connectivity index (χ2v) is 5.54. The van der Waals surface area contributed by atoms with Gasteiger partial charge in [-0.3, -0.25) is 4.79 Å². The van der Waals surface area contributed by atoms with Crippen LogP contribution >= 0.6 is 0 Å². The summed E-state index contributed by atoms with van der Waals surface area (Å²) in [6.07, 6.45) is 1.17. The van der Waals surface area contributed by atoms with E-state index in [2.05, 4.69) is 17.3 Å². The van der Waals surface area contributed by atoms with Gasteiger partial charge >= 0.3 is 0 Å². The van der Waals surface area contributed by atoms with Crippen LogP contribution in [0, 0.1) is 5.92 Å². The highest BCUT2D eigenvalue weighted by Crippen LogP contribution is 2.18. The maximum atomic E-state index is 12.3. The number of hydrogen-bond acceptors (Lipinski definition) is 3. The monoisotopic (exact) mass is 261 g/mol. The standard InChI is InChI=1S/C15H23N3O/c1-17(2)14-7-5-4-6-13(14)15(19)16-10-12-8-9-18(3)11-12/h4-7,12H,8-11H2,1-3H3,(H,16,19). The zero-order valence-corrected chi connectivity index (χ0v) is 12.0. The lowest BCUT2D eigenvalue weighted by Crippen LogP contribution is -2.31. The number of nitrogens with one attached hydrogen (secondary N) is 1. The topological polar surface area (TPSA) is 35.6 Å². The van der Waals surface area contributed by atoms with Crippen LogP contribution in [0.1, 0.15) is 16.8 Å². The molecule has 4 heteroatoms. The molecule has 0 radical (unpaired) electrons. The molecule has 1 amide bonds. The van der Waals surface area contributed by atoms with E-state index in [4.69, 9.17) is 0 Å². The van der Waals surface area contributed by atoms with Crippen LogP contribution in [0.3, 0.4) is 0 Å². The van der Waals surface area contributed by atoms with Crippen molar-refractivity contribution < 1.29 is 4.79 Å². The van der Waals surface area contributed by atoms with Crippen LogP contribution in [0.5, 0.6) is 0 Å². The average Bonchev–Trinajstić information content (AvgIpc) is 2.81. The Kier molecular flexibility index (Phi) is 4.43. The molecule has 104 valence electrons. The van der Waals surface area contributed by atoms with Gasteiger partial charge in [-0.25, -0.2) is 0 Å². The number of benzene rings is 1. The van der Waals surface area contributed by atoms with E-state index in [0.717, 1.165) is 30.9 Å². The molecule has 1 atom stereocenters. The molecule has 4 nitrogen and oxygen atoms in total. The van der Waals surface area contributed by atoms with Gasteiger partial charge in [0.25, 0.3) is 5.91 Å². The van der Waals surface area contributed by atoms with Crippen LogP contribution in [-0.4, -0.2) is 51.6 Å². The quantitative estimate of drug-likeness (QED) is 0.890. The van der Waals surface area contributed by atoms with Crippen LogP contribution < -0.4 is 10.2 Å². The lowest BCUT2D eigenvalue weighted by molar-refractivity contribution is 0.0948. The molecule has 1 heterocycles. The second-order valence-electron chi connectivity index (χ2n) is 5.54. The average molecular weight is 261 g/mol. The van der Waals surface area contributed by atoms with Crippen LogP contribution in [0.4, 0.5) is 5.69 Å². The van der Waals surface area contributed by atoms with Gasteiger partial charge in [-0.15, -0.1) is 0 Å². The first-order valence-electron chi connectivity index (χ1n) is 6.81. The van der Waals surface area contributed by atoms with Crippen molar-refractivity contribution in [2.45, 2.75) is 6.42 Å². The van der Waals surface area contributed by atoms with Crippen molar-refractivity contribution in [2.75, 3.05) is 45.7 Å². The van der Waals surface area contributed by atoms with Crippen LogP contribution in [0.2, 0.25) is 0 Å². The van der Waals surface area contributed by atoms with Crippen molar-refractivity contribution >= 4 is 11.6 Å². The Morgan fingerprint density at radius 2 is 2.16 bits per heavy atom. The van der Waals surface area contributed by atoms with Gasteiger partial charge in [0, 0.05) is 32.9 Å². The normalized spacial score (nSPS) is 19.4. The summed E-state index contributed by atoms with van der Waals surface area (Å²) >= 11 is 0. The summed E-state index contributed by atoms with van der Waals surface area (Å²) in [5, 5.41) is 3.06. The third kappa shape index (κ3) is 3.47. The predicted octanol–water partition coefficient (Wildman–Crippen LogP) is 1.43. The number of carbonyl (C=O) groups excluding carboxylic acids is 1. The summed E-state index contributed by atoms with van der Waals surface area (Å²) in [7, 11) is 6.04. The molecular weight excluding hydrogens is 238 g/mol. The molecule has 0 aliphatic carbocycles. The molecule has 1 unspecified atom stereocenters. The number of nitrogens with zero attached hydrogens (tertiary/aromatic N) is 2. The SMILES string of the molecule is CN1CCC(CNC(=O)c2ccccc2N(C)C)C1. The smallest absolute Gasteiger partial charge is 0.253 e. The fourth-order valence-corrected chi connectivity index (χ4v) is 2.58. The number of amides is 1. The predicted molar refractivity (Wildman–Crippen MR) is 78.7 cm³/mol. The minimum atomic E-state index is 0.0267. The van der Waals surface area contributed by atoms with Gasteiger partial charge in [0.1, 0.15) is 0 Å². The lowest BCUT2D eigenvalue weighted by atomic mass is 10.1. The number of likely N-dealkylation sites (tertiary alicyclic amines) is 1. The van der Waals surface area contributed by atoms with Crippen molar-refractivity contribution in [2.24, 2.45) is 5.92 Å². The molecule has 1 aromatic carbocycles. The Morgan fingerprint density at radius 1 is 1.42 bits per heavy atom. The Balaban J connectivity index is 1.96. The molecule has 1 aliphatic rings. The molecule has 1 fully saturated rings. The first-order chi connectivity index (χ1) is 9.08. The Bertz CT molecular complexity index is 445. The van der Waals surface area contributed by atoms with E-state index >= 15 is 0 Å². The van der Waals surface area contributed by atoms with E-state index in [0.29, 0.717) is 5.92 Å². The van der Waals surface area contributed by atoms with E-state index in [1.165, 1.54) is 6.42 Å². The lowest BCUT2D eigenvalue weighted by Gasteiger charge is -2.18. The Labute approximate surface area is 115 Å². The third-order valence-electron chi connectivity index (χ3n) is 3.67. The zero-order valence-electron chi connectivity index (χ0n) is 12.0. The Hall–Kier alpha value is -1.55. The van der Waals surface area contributed by atoms with E-state index in [1.54, 1.807) is 0 Å². The molecule has 1 N–H and O–H groups in total. The summed E-state index contributed by atoms with van der Waals surface area (Å²) in [4.78, 5) is 16.5. The van der Waals surface area contributed by atoms with E-state index in [9.17, 15) is 4.79 Å². The first kappa shape index (κ1) is 13.9. The second kappa shape index (κ2) is 6.06. The van der Waals surface area contributed by atoms with E-state index in [1.807, 2.05) is 43.3 Å². The molecule has 0 saturated carbocycles. The molecule has 1 aliphatic heterocycles. The number of carbonyl (C=O) groups is 1. The van der Waals surface area contributed by atoms with Gasteiger partial charge < -0.3 is 15.1 Å². The maximum Gasteiger partial charge on any atom is 0.253 e. The van der Waals surface area contributed by atoms with Crippen molar-refractivity contribution in [3.63, 3.8) is 0 Å². The van der Waals surface area contributed by atoms with Gasteiger partial charge in [0.2, 0.25) is 0 Å². The maximum absolute atomic E-state index is 12.3. The van der Waals surface area contributed by atoms with Gasteiger partial charge in [-0.1, -0.05) is 12.1 Å². The number of anilines is 1. The fourth-order valence-electron chi connectivity index (χ4n) is 2.58. The largest absolute Gasteiger partial charge is 0.377 e. The number of hydrogen-bond donors (Lipinski definition) is 1. The van der Waals surface area contributed by atoms with Crippen LogP contribution in [-0.2, 0) is 0 Å². The van der Waals surface area contributed by atoms with Crippen LogP contribution in [0.25, 0.3) is 0 Å². The zero-order chi connectivity index (χ0) is 13.8. The number of para-hydroxylation sites is 1. The van der Waals surface area contributed by atoms with Crippen LogP contribution in [0.15, 0.2) is 24.3 Å². The highest BCUT2D eigenvalue weighted by Gasteiger charge is 2.20. The minimum Gasteiger partial charge on any atom is -0.377 e. The summed E-state index contributed by atoms with van der Waals surface area (Å²) < 4.78 is 0. The molecule has 0 aromatic heterocycles. The fraction of sp³-hybridized carbons (Fsp3) is 0.533. The molecule has 1 saturated heterocycles. The molecule has 0 bridgehead atoms. The third-order valence-corrected chi connectivity index (χ3v) is 3.67.